The number of carbonyl (C=O) groups excluding carboxylic acids is 1. The predicted octanol–water partition coefficient (Wildman–Crippen LogP) is 6.93. The second kappa shape index (κ2) is 10.5. The summed E-state index contributed by atoms with van der Waals surface area (Å²) >= 11 is 10.6. The van der Waals surface area contributed by atoms with E-state index in [1.54, 1.807) is 20.8 Å². The summed E-state index contributed by atoms with van der Waals surface area (Å²) in [6, 6.07) is 6.47. The van der Waals surface area contributed by atoms with Gasteiger partial charge in [0.05, 0.1) is 32.1 Å². The molecule has 2 aromatic carbocycles. The standard InChI is InChI=1S/C24H24ClF3N2O4S2/c1-23(2,3)34-22(31)30-10-4-5-17(30)13-36(32,33)18-8-6-15(7-9-18)21-19(24(26,27)28)11-16(29-14-35)12-20(21)25/h6-9,11-12,17H,4-5,10,13H2,1-3H3/t17-/m0/s1. The van der Waals surface area contributed by atoms with E-state index in [9.17, 15) is 26.4 Å². The summed E-state index contributed by atoms with van der Waals surface area (Å²) in [4.78, 5) is 17.4. The smallest absolute Gasteiger partial charge is 0.417 e. The van der Waals surface area contributed by atoms with Gasteiger partial charge in [0.15, 0.2) is 9.84 Å². The van der Waals surface area contributed by atoms with Crippen LogP contribution in [0.1, 0.15) is 39.2 Å². The molecule has 1 aliphatic heterocycles. The quantitative estimate of drug-likeness (QED) is 0.293. The summed E-state index contributed by atoms with van der Waals surface area (Å²) in [6.45, 7) is 5.56. The van der Waals surface area contributed by atoms with Gasteiger partial charge in [0.1, 0.15) is 5.60 Å². The largest absolute Gasteiger partial charge is 0.444 e. The van der Waals surface area contributed by atoms with Crippen molar-refractivity contribution in [3.8, 4) is 11.1 Å². The Balaban J connectivity index is 1.89. The van der Waals surface area contributed by atoms with E-state index in [1.165, 1.54) is 35.2 Å². The Morgan fingerprint density at radius 1 is 1.22 bits per heavy atom. The van der Waals surface area contributed by atoms with Crippen LogP contribution in [0.3, 0.4) is 0 Å². The lowest BCUT2D eigenvalue weighted by Crippen LogP contribution is -2.42. The van der Waals surface area contributed by atoms with Crippen LogP contribution in [0.25, 0.3) is 11.1 Å². The number of benzene rings is 2. The third-order valence-electron chi connectivity index (χ3n) is 5.47. The number of carbonyl (C=O) groups is 1. The SMILES string of the molecule is CC(C)(C)OC(=O)N1CCC[C@H]1CS(=O)(=O)c1ccc(-c2c(Cl)cc(N=C=S)cc2C(F)(F)F)cc1. The van der Waals surface area contributed by atoms with Crippen LogP contribution in [0.5, 0.6) is 0 Å². The van der Waals surface area contributed by atoms with Crippen molar-refractivity contribution < 1.29 is 31.1 Å². The first-order valence-corrected chi connectivity index (χ1v) is 13.4. The number of aliphatic imine (C=N–C) groups is 1. The lowest BCUT2D eigenvalue weighted by atomic mass is 9.98. The van der Waals surface area contributed by atoms with Crippen LogP contribution in [0.2, 0.25) is 5.02 Å². The fourth-order valence-electron chi connectivity index (χ4n) is 3.97. The molecule has 0 aliphatic carbocycles. The van der Waals surface area contributed by atoms with Crippen LogP contribution in [-0.4, -0.2) is 48.5 Å². The van der Waals surface area contributed by atoms with E-state index in [-0.39, 0.29) is 32.5 Å². The molecule has 36 heavy (non-hydrogen) atoms. The summed E-state index contributed by atoms with van der Waals surface area (Å²) < 4.78 is 72.8. The summed E-state index contributed by atoms with van der Waals surface area (Å²) in [6.07, 6.45) is -4.19. The average Bonchev–Trinajstić information content (AvgIpc) is 3.19. The molecule has 0 aromatic heterocycles. The minimum absolute atomic E-state index is 0.0751. The maximum atomic E-state index is 13.7. The van der Waals surface area contributed by atoms with Crippen molar-refractivity contribution in [1.29, 1.82) is 0 Å². The Bertz CT molecular complexity index is 1300. The Morgan fingerprint density at radius 2 is 1.86 bits per heavy atom. The van der Waals surface area contributed by atoms with Crippen LogP contribution < -0.4 is 0 Å². The summed E-state index contributed by atoms with van der Waals surface area (Å²) in [5.74, 6) is -0.329. The molecule has 3 rings (SSSR count). The van der Waals surface area contributed by atoms with E-state index in [0.29, 0.717) is 19.4 Å². The molecule has 0 spiro atoms. The molecule has 1 saturated heterocycles. The number of thiocarbonyl (C=S) groups is 1. The van der Waals surface area contributed by atoms with Gasteiger partial charge in [0, 0.05) is 18.2 Å². The summed E-state index contributed by atoms with van der Waals surface area (Å²) in [5, 5.41) is 1.79. The zero-order chi connectivity index (χ0) is 26.9. The molecule has 1 fully saturated rings. The highest BCUT2D eigenvalue weighted by Crippen LogP contribution is 2.43. The van der Waals surface area contributed by atoms with Crippen LogP contribution in [0.15, 0.2) is 46.3 Å². The Morgan fingerprint density at radius 3 is 2.42 bits per heavy atom. The minimum Gasteiger partial charge on any atom is -0.444 e. The van der Waals surface area contributed by atoms with Gasteiger partial charge < -0.3 is 9.64 Å². The first-order valence-electron chi connectivity index (χ1n) is 10.9. The van der Waals surface area contributed by atoms with Crippen LogP contribution in [0.4, 0.5) is 23.7 Å². The molecule has 2 aromatic rings. The topological polar surface area (TPSA) is 76.0 Å². The molecule has 0 bridgehead atoms. The highest BCUT2D eigenvalue weighted by Gasteiger charge is 2.37. The van der Waals surface area contributed by atoms with Gasteiger partial charge in [-0.2, -0.15) is 18.2 Å². The van der Waals surface area contributed by atoms with Crippen LogP contribution in [-0.2, 0) is 20.8 Å². The summed E-state index contributed by atoms with van der Waals surface area (Å²) in [7, 11) is -3.85. The van der Waals surface area contributed by atoms with E-state index in [4.69, 9.17) is 16.3 Å². The Hall–Kier alpha value is -2.46. The number of hydrogen-bond donors (Lipinski definition) is 0. The van der Waals surface area contributed by atoms with Gasteiger partial charge in [-0.25, -0.2) is 13.2 Å². The van der Waals surface area contributed by atoms with E-state index in [1.807, 2.05) is 5.16 Å². The number of likely N-dealkylation sites (tertiary alicyclic amines) is 1. The van der Waals surface area contributed by atoms with Crippen molar-refractivity contribution in [2.24, 2.45) is 4.99 Å². The highest BCUT2D eigenvalue weighted by atomic mass is 35.5. The molecule has 1 heterocycles. The van der Waals surface area contributed by atoms with Crippen molar-refractivity contribution in [3.05, 3.63) is 47.0 Å². The van der Waals surface area contributed by atoms with Gasteiger partial charge in [0.25, 0.3) is 0 Å². The number of rotatable bonds is 5. The van der Waals surface area contributed by atoms with Gasteiger partial charge in [-0.05, 0) is 75.7 Å². The fourth-order valence-corrected chi connectivity index (χ4v) is 6.00. The van der Waals surface area contributed by atoms with Crippen LogP contribution >= 0.6 is 23.8 Å². The molecule has 0 saturated carbocycles. The number of sulfone groups is 1. The van der Waals surface area contributed by atoms with Gasteiger partial charge in [-0.1, -0.05) is 23.7 Å². The van der Waals surface area contributed by atoms with Gasteiger partial charge in [-0.15, -0.1) is 0 Å². The van der Waals surface area contributed by atoms with Crippen molar-refractivity contribution in [3.63, 3.8) is 0 Å². The van der Waals surface area contributed by atoms with Crippen molar-refractivity contribution in [2.75, 3.05) is 12.3 Å². The Labute approximate surface area is 218 Å². The highest BCUT2D eigenvalue weighted by molar-refractivity contribution is 7.91. The number of alkyl halides is 3. The number of amides is 1. The number of hydrogen-bond acceptors (Lipinski definition) is 6. The maximum absolute atomic E-state index is 13.7. The zero-order valence-electron chi connectivity index (χ0n) is 19.7. The molecule has 1 atom stereocenters. The minimum atomic E-state index is -4.75. The lowest BCUT2D eigenvalue weighted by molar-refractivity contribution is -0.137. The summed E-state index contributed by atoms with van der Waals surface area (Å²) in [5.41, 5.74) is -2.07. The average molecular weight is 561 g/mol. The van der Waals surface area contributed by atoms with E-state index in [0.717, 1.165) is 6.07 Å². The fraction of sp³-hybridized carbons (Fsp3) is 0.417. The molecule has 12 heteroatoms. The molecule has 1 amide bonds. The number of nitrogens with zero attached hydrogens (tertiary/aromatic N) is 2. The first kappa shape index (κ1) is 28.1. The molecule has 6 nitrogen and oxygen atoms in total. The second-order valence-electron chi connectivity index (χ2n) is 9.33. The molecule has 0 radical (unpaired) electrons. The molecule has 1 aliphatic rings. The van der Waals surface area contributed by atoms with Gasteiger partial charge in [0.2, 0.25) is 0 Å². The Kier molecular flexibility index (Phi) is 8.20. The number of halogens is 4. The van der Waals surface area contributed by atoms with Crippen LogP contribution in [0, 0.1) is 0 Å². The van der Waals surface area contributed by atoms with Crippen molar-refractivity contribution >= 4 is 50.6 Å². The van der Waals surface area contributed by atoms with Crippen molar-refractivity contribution in [2.45, 2.75) is 56.3 Å². The van der Waals surface area contributed by atoms with Gasteiger partial charge in [-0.3, -0.25) is 0 Å². The molecular weight excluding hydrogens is 537 g/mol. The molecule has 0 N–H and O–H groups in total. The van der Waals surface area contributed by atoms with E-state index >= 15 is 0 Å². The normalized spacial score (nSPS) is 16.5. The van der Waals surface area contributed by atoms with Gasteiger partial charge >= 0.3 is 12.3 Å². The first-order chi connectivity index (χ1) is 16.6. The third-order valence-corrected chi connectivity index (χ3v) is 7.68. The zero-order valence-corrected chi connectivity index (χ0v) is 22.1. The molecular formula is C24H24ClF3N2O4S2. The van der Waals surface area contributed by atoms with E-state index in [2.05, 4.69) is 17.2 Å². The third kappa shape index (κ3) is 6.64. The maximum Gasteiger partial charge on any atom is 0.417 e. The monoisotopic (exact) mass is 560 g/mol. The predicted molar refractivity (Wildman–Crippen MR) is 135 cm³/mol. The second-order valence-corrected chi connectivity index (χ2v) is 12.0. The lowest BCUT2D eigenvalue weighted by Gasteiger charge is -2.28. The molecule has 0 unspecified atom stereocenters. The number of isothiocyanates is 1. The number of ether oxygens (including phenoxy) is 1. The van der Waals surface area contributed by atoms with Crippen molar-refractivity contribution in [1.82, 2.24) is 4.90 Å². The van der Waals surface area contributed by atoms with E-state index < -0.39 is 39.3 Å². The molecule has 194 valence electrons.